The first-order valence-corrected chi connectivity index (χ1v) is 2.96. The summed E-state index contributed by atoms with van der Waals surface area (Å²) in [5.41, 5.74) is 0. The van der Waals surface area contributed by atoms with E-state index in [-0.39, 0.29) is 17.8 Å². The molecule has 0 heterocycles. The Morgan fingerprint density at radius 3 is 2.00 bits per heavy atom. The summed E-state index contributed by atoms with van der Waals surface area (Å²) in [5.74, 6) is 0.211. The molecule has 0 bridgehead atoms. The van der Waals surface area contributed by atoms with E-state index in [4.69, 9.17) is 0 Å². The van der Waals surface area contributed by atoms with Crippen molar-refractivity contribution in [2.75, 3.05) is 6.61 Å². The van der Waals surface area contributed by atoms with Gasteiger partial charge in [-0.1, -0.05) is 13.8 Å². The molecule has 0 saturated heterocycles. The first-order valence-electron chi connectivity index (χ1n) is 2.44. The molecule has 7 heavy (non-hydrogen) atoms. The zero-order chi connectivity index (χ0) is 5.86. The van der Waals surface area contributed by atoms with E-state index in [1.54, 1.807) is 0 Å². The van der Waals surface area contributed by atoms with Crippen molar-refractivity contribution >= 4 is 12.6 Å². The molecule has 1 nitrogen and oxygen atoms in total. The maximum atomic E-state index is 10.0. The second-order valence-corrected chi connectivity index (χ2v) is 2.70. The van der Waals surface area contributed by atoms with Crippen molar-refractivity contribution in [1.82, 2.24) is 0 Å². The lowest BCUT2D eigenvalue weighted by molar-refractivity contribution is 0.152. The van der Waals surface area contributed by atoms with Crippen molar-refractivity contribution in [2.45, 2.75) is 19.1 Å². The van der Waals surface area contributed by atoms with Gasteiger partial charge in [-0.15, -0.1) is 0 Å². The van der Waals surface area contributed by atoms with Crippen molar-refractivity contribution < 1.29 is 5.11 Å². The van der Waals surface area contributed by atoms with E-state index < -0.39 is 0 Å². The van der Waals surface area contributed by atoms with Crippen LogP contribution in [0, 0.1) is 5.92 Å². The van der Waals surface area contributed by atoms with Gasteiger partial charge in [0.1, 0.15) is 0 Å². The lowest BCUT2D eigenvalue weighted by Crippen LogP contribution is -2.09. The molecule has 0 aliphatic rings. The highest BCUT2D eigenvalue weighted by Gasteiger charge is 2.04. The Labute approximate surface area is 50.1 Å². The minimum atomic E-state index is -0.00926. The smallest absolute Gasteiger partial charge is 0.0858 e. The largest absolute Gasteiger partial charge is 0.236 e. The zero-order valence-electron chi connectivity index (χ0n) is 4.72. The number of hydrogen-bond donors (Lipinski definition) is 1. The molecule has 1 radical (unpaired) electrons. The maximum Gasteiger partial charge on any atom is 0.0858 e. The minimum Gasteiger partial charge on any atom is -0.236 e. The van der Waals surface area contributed by atoms with Crippen molar-refractivity contribution in [3.8, 4) is 0 Å². The van der Waals surface area contributed by atoms with Gasteiger partial charge in [-0.3, -0.25) is 0 Å². The summed E-state index contributed by atoms with van der Waals surface area (Å²) in [6.45, 7) is 3.83. The average Bonchev–Trinajstić information content (AvgIpc) is 1.65. The van der Waals surface area contributed by atoms with Crippen LogP contribution in [0.25, 0.3) is 0 Å². The van der Waals surface area contributed by atoms with Crippen LogP contribution in [0.15, 0.2) is 0 Å². The Bertz CT molecular complexity index is 45.3. The summed E-state index contributed by atoms with van der Waals surface area (Å²) in [7, 11) is 0. The molecule has 0 aromatic carbocycles. The Morgan fingerprint density at radius 2 is 2.00 bits per heavy atom. The number of rotatable bonds is 2. The Kier molecular flexibility index (Phi) is 3.48. The van der Waals surface area contributed by atoms with Crippen LogP contribution < -0.4 is 0 Å². The van der Waals surface area contributed by atoms with Gasteiger partial charge in [0, 0.05) is 5.25 Å². The van der Waals surface area contributed by atoms with Gasteiger partial charge >= 0.3 is 0 Å². The lowest BCUT2D eigenvalue weighted by atomic mass is 10.1. The highest BCUT2D eigenvalue weighted by molar-refractivity contribution is 7.80. The van der Waals surface area contributed by atoms with Gasteiger partial charge in [-0.25, -0.2) is 5.11 Å². The van der Waals surface area contributed by atoms with E-state index in [0.29, 0.717) is 0 Å². The van der Waals surface area contributed by atoms with Crippen LogP contribution in [-0.4, -0.2) is 11.9 Å². The van der Waals surface area contributed by atoms with Gasteiger partial charge in [0.25, 0.3) is 0 Å². The van der Waals surface area contributed by atoms with Crippen molar-refractivity contribution in [3.05, 3.63) is 0 Å². The van der Waals surface area contributed by atoms with Crippen molar-refractivity contribution in [3.63, 3.8) is 0 Å². The fraction of sp³-hybridized carbons (Fsp3) is 1.00. The summed E-state index contributed by atoms with van der Waals surface area (Å²) < 4.78 is 0. The average molecular weight is 119 g/mol. The van der Waals surface area contributed by atoms with Crippen LogP contribution in [0.4, 0.5) is 0 Å². The molecule has 0 aliphatic carbocycles. The molecule has 43 valence electrons. The van der Waals surface area contributed by atoms with Crippen LogP contribution in [0.5, 0.6) is 0 Å². The van der Waals surface area contributed by atoms with Crippen LogP contribution in [-0.2, 0) is 5.11 Å². The van der Waals surface area contributed by atoms with Gasteiger partial charge in [0.2, 0.25) is 0 Å². The molecule has 0 aromatic heterocycles. The predicted octanol–water partition coefficient (Wildman–Crippen LogP) is 1.37. The molecular weight excluding hydrogens is 108 g/mol. The van der Waals surface area contributed by atoms with Gasteiger partial charge in [0.15, 0.2) is 0 Å². The highest BCUT2D eigenvalue weighted by Crippen LogP contribution is 2.06. The lowest BCUT2D eigenvalue weighted by Gasteiger charge is -2.07. The summed E-state index contributed by atoms with van der Waals surface area (Å²) >= 11 is 4.07. The van der Waals surface area contributed by atoms with E-state index in [1.165, 1.54) is 0 Å². The fourth-order valence-corrected chi connectivity index (χ4v) is 0.225. The van der Waals surface area contributed by atoms with Crippen molar-refractivity contribution in [1.29, 1.82) is 0 Å². The summed E-state index contributed by atoms with van der Waals surface area (Å²) in [6.07, 6.45) is 0. The maximum absolute atomic E-state index is 10.0. The molecule has 2 heteroatoms. The van der Waals surface area contributed by atoms with Crippen LogP contribution in [0.2, 0.25) is 0 Å². The molecule has 0 aromatic rings. The molecule has 0 spiro atoms. The molecule has 2 unspecified atom stereocenters. The van der Waals surface area contributed by atoms with Crippen LogP contribution in [0.1, 0.15) is 13.8 Å². The topological polar surface area (TPSA) is 19.9 Å². The summed E-state index contributed by atoms with van der Waals surface area (Å²) in [6, 6.07) is 0. The Hall–Kier alpha value is 0.310. The highest BCUT2D eigenvalue weighted by atomic mass is 32.1. The van der Waals surface area contributed by atoms with Gasteiger partial charge in [-0.05, 0) is 5.92 Å². The first kappa shape index (κ1) is 7.31. The molecule has 0 N–H and O–H groups in total. The molecule has 0 saturated carbocycles. The third kappa shape index (κ3) is 2.94. The molecule has 0 aliphatic heterocycles. The van der Waals surface area contributed by atoms with E-state index in [2.05, 4.69) is 12.6 Å². The second-order valence-electron chi connectivity index (χ2n) is 1.88. The Morgan fingerprint density at radius 1 is 1.57 bits per heavy atom. The van der Waals surface area contributed by atoms with Gasteiger partial charge in [-0.2, -0.15) is 12.6 Å². The zero-order valence-corrected chi connectivity index (χ0v) is 5.61. The van der Waals surface area contributed by atoms with Gasteiger partial charge < -0.3 is 0 Å². The molecule has 0 rings (SSSR count). The molecular formula is C5H11OS. The normalized spacial score (nSPS) is 18.9. The molecule has 0 amide bonds. The van der Waals surface area contributed by atoms with E-state index in [9.17, 15) is 5.11 Å². The van der Waals surface area contributed by atoms with Crippen LogP contribution in [0.3, 0.4) is 0 Å². The standard InChI is InChI=1S/C5H11OS/c1-4(3-6)5(2)7/h4-5,7H,3H2,1-2H3. The quantitative estimate of drug-likeness (QED) is 0.530. The van der Waals surface area contributed by atoms with Crippen LogP contribution >= 0.6 is 12.6 Å². The van der Waals surface area contributed by atoms with Gasteiger partial charge in [0.05, 0.1) is 6.61 Å². The predicted molar refractivity (Wildman–Crippen MR) is 33.2 cm³/mol. The van der Waals surface area contributed by atoms with E-state index in [1.807, 2.05) is 13.8 Å². The molecule has 2 atom stereocenters. The third-order valence-electron chi connectivity index (χ3n) is 1.09. The van der Waals surface area contributed by atoms with E-state index >= 15 is 0 Å². The number of hydrogen-bond acceptors (Lipinski definition) is 1. The fourth-order valence-electron chi connectivity index (χ4n) is 0.139. The minimum absolute atomic E-state index is 0.00926. The summed E-state index contributed by atoms with van der Waals surface area (Å²) in [4.78, 5) is 0. The molecule has 0 fully saturated rings. The SMILES string of the molecule is CC(S)C(C)C[O]. The first-order chi connectivity index (χ1) is 3.18. The monoisotopic (exact) mass is 119 g/mol. The Balaban J connectivity index is 3.14. The number of thiol groups is 1. The second kappa shape index (κ2) is 3.33. The third-order valence-corrected chi connectivity index (χ3v) is 1.60. The van der Waals surface area contributed by atoms with Crippen molar-refractivity contribution in [2.24, 2.45) is 5.92 Å². The summed E-state index contributed by atoms with van der Waals surface area (Å²) in [5, 5.41) is 10.3. The van der Waals surface area contributed by atoms with E-state index in [0.717, 1.165) is 0 Å².